The molecule has 2 aliphatic rings. The maximum atomic E-state index is 12.8. The molecule has 1 aromatic carbocycles. The van der Waals surface area contributed by atoms with E-state index >= 15 is 0 Å². The minimum Gasteiger partial charge on any atom is -0.342 e. The number of amides is 2. The highest BCUT2D eigenvalue weighted by atomic mass is 16.2. The summed E-state index contributed by atoms with van der Waals surface area (Å²) in [6, 6.07) is 9.96. The van der Waals surface area contributed by atoms with Gasteiger partial charge in [-0.05, 0) is 31.7 Å². The van der Waals surface area contributed by atoms with Crippen molar-refractivity contribution >= 4 is 11.8 Å². The van der Waals surface area contributed by atoms with Crippen LogP contribution in [0.25, 0.3) is 0 Å². The largest absolute Gasteiger partial charge is 0.342 e. The Kier molecular flexibility index (Phi) is 7.45. The molecular weight excluding hydrogens is 352 g/mol. The number of carbonyl (C=O) groups excluding carboxylic acids is 2. The summed E-state index contributed by atoms with van der Waals surface area (Å²) < 4.78 is 0. The molecule has 0 radical (unpaired) electrons. The van der Waals surface area contributed by atoms with Gasteiger partial charge in [-0.1, -0.05) is 30.3 Å². The van der Waals surface area contributed by atoms with Gasteiger partial charge in [-0.2, -0.15) is 0 Å². The molecule has 1 aromatic rings. The molecule has 2 heterocycles. The van der Waals surface area contributed by atoms with Crippen LogP contribution in [-0.4, -0.2) is 90.3 Å². The summed E-state index contributed by atoms with van der Waals surface area (Å²) in [6.07, 6.45) is 3.51. The zero-order valence-electron chi connectivity index (χ0n) is 17.3. The van der Waals surface area contributed by atoms with E-state index in [2.05, 4.69) is 9.80 Å². The summed E-state index contributed by atoms with van der Waals surface area (Å²) in [4.78, 5) is 33.6. The summed E-state index contributed by atoms with van der Waals surface area (Å²) in [5.74, 6) is 0.418. The number of nitrogens with zero attached hydrogens (tertiary/aromatic N) is 4. The first kappa shape index (κ1) is 20.8. The van der Waals surface area contributed by atoms with Crippen molar-refractivity contribution in [2.75, 3.05) is 52.9 Å². The van der Waals surface area contributed by atoms with E-state index in [1.165, 1.54) is 6.42 Å². The number of hydrogen-bond donors (Lipinski definition) is 0. The lowest BCUT2D eigenvalue weighted by Crippen LogP contribution is -2.55. The Labute approximate surface area is 169 Å². The standard InChI is InChI=1S/C22H34N4O2/c1-19(22(28)23(2)17-20-9-5-3-6-10-20)25-15-13-24(14-16-25)18-21(27)26-11-7-4-8-12-26/h3,5-6,9-10,19H,4,7-8,11-18H2,1-2H3. The van der Waals surface area contributed by atoms with Crippen LogP contribution < -0.4 is 0 Å². The van der Waals surface area contributed by atoms with Gasteiger partial charge in [0.2, 0.25) is 11.8 Å². The first-order valence-corrected chi connectivity index (χ1v) is 10.6. The molecule has 0 spiro atoms. The summed E-state index contributed by atoms with van der Waals surface area (Å²) in [7, 11) is 1.87. The van der Waals surface area contributed by atoms with Crippen molar-refractivity contribution in [2.45, 2.75) is 38.8 Å². The molecule has 6 heteroatoms. The van der Waals surface area contributed by atoms with Crippen LogP contribution in [0.2, 0.25) is 0 Å². The lowest BCUT2D eigenvalue weighted by Gasteiger charge is -2.39. The van der Waals surface area contributed by atoms with Crippen molar-refractivity contribution in [1.29, 1.82) is 0 Å². The Bertz CT molecular complexity index is 637. The highest BCUT2D eigenvalue weighted by Crippen LogP contribution is 2.13. The topological polar surface area (TPSA) is 47.1 Å². The zero-order valence-corrected chi connectivity index (χ0v) is 17.3. The third-order valence-corrected chi connectivity index (χ3v) is 6.02. The van der Waals surface area contributed by atoms with Crippen molar-refractivity contribution in [2.24, 2.45) is 0 Å². The first-order valence-electron chi connectivity index (χ1n) is 10.6. The summed E-state index contributed by atoms with van der Waals surface area (Å²) >= 11 is 0. The van der Waals surface area contributed by atoms with Gasteiger partial charge in [0.05, 0.1) is 12.6 Å². The monoisotopic (exact) mass is 386 g/mol. The molecule has 2 aliphatic heterocycles. The fraction of sp³-hybridized carbons (Fsp3) is 0.636. The van der Waals surface area contributed by atoms with E-state index in [4.69, 9.17) is 0 Å². The molecular formula is C22H34N4O2. The zero-order chi connectivity index (χ0) is 19.9. The maximum absolute atomic E-state index is 12.8. The van der Waals surface area contributed by atoms with Crippen LogP contribution >= 0.6 is 0 Å². The van der Waals surface area contributed by atoms with Crippen molar-refractivity contribution < 1.29 is 9.59 Å². The molecule has 1 unspecified atom stereocenters. The van der Waals surface area contributed by atoms with Gasteiger partial charge in [0.25, 0.3) is 0 Å². The highest BCUT2D eigenvalue weighted by molar-refractivity contribution is 5.81. The predicted octanol–water partition coefficient (Wildman–Crippen LogP) is 1.66. The van der Waals surface area contributed by atoms with Gasteiger partial charge >= 0.3 is 0 Å². The van der Waals surface area contributed by atoms with Gasteiger partial charge in [-0.3, -0.25) is 19.4 Å². The molecule has 28 heavy (non-hydrogen) atoms. The fourth-order valence-electron chi connectivity index (χ4n) is 4.15. The number of likely N-dealkylation sites (N-methyl/N-ethyl adjacent to an activating group) is 1. The highest BCUT2D eigenvalue weighted by Gasteiger charge is 2.29. The summed E-state index contributed by atoms with van der Waals surface area (Å²) in [6.45, 7) is 8.34. The molecule has 1 atom stereocenters. The third kappa shape index (κ3) is 5.55. The van der Waals surface area contributed by atoms with Crippen LogP contribution in [0, 0.1) is 0 Å². The molecule has 0 aromatic heterocycles. The second-order valence-electron chi connectivity index (χ2n) is 8.11. The number of benzene rings is 1. The normalized spacial score (nSPS) is 20.0. The number of carbonyl (C=O) groups is 2. The fourth-order valence-corrected chi connectivity index (χ4v) is 4.15. The molecule has 0 bridgehead atoms. The van der Waals surface area contributed by atoms with Crippen molar-refractivity contribution in [1.82, 2.24) is 19.6 Å². The van der Waals surface area contributed by atoms with Gasteiger partial charge in [0.15, 0.2) is 0 Å². The van der Waals surface area contributed by atoms with E-state index in [1.807, 2.05) is 54.1 Å². The molecule has 0 N–H and O–H groups in total. The van der Waals surface area contributed by atoms with E-state index in [-0.39, 0.29) is 17.9 Å². The second kappa shape index (κ2) is 10.0. The van der Waals surface area contributed by atoms with Crippen LogP contribution in [-0.2, 0) is 16.1 Å². The quantitative estimate of drug-likeness (QED) is 0.746. The van der Waals surface area contributed by atoms with E-state index < -0.39 is 0 Å². The average Bonchev–Trinajstić information content (AvgIpc) is 2.74. The average molecular weight is 387 g/mol. The van der Waals surface area contributed by atoms with Crippen LogP contribution in [0.15, 0.2) is 30.3 Å². The van der Waals surface area contributed by atoms with Gasteiger partial charge in [-0.15, -0.1) is 0 Å². The molecule has 6 nitrogen and oxygen atoms in total. The second-order valence-corrected chi connectivity index (χ2v) is 8.11. The molecule has 0 aliphatic carbocycles. The van der Waals surface area contributed by atoms with Gasteiger partial charge in [0, 0.05) is 52.9 Å². The van der Waals surface area contributed by atoms with E-state index in [9.17, 15) is 9.59 Å². The van der Waals surface area contributed by atoms with Crippen LogP contribution in [0.3, 0.4) is 0 Å². The first-order chi connectivity index (χ1) is 13.5. The minimum absolute atomic E-state index is 0.131. The SMILES string of the molecule is CC(C(=O)N(C)Cc1ccccc1)N1CCN(CC(=O)N2CCCCC2)CC1. The minimum atomic E-state index is -0.131. The number of likely N-dealkylation sites (tertiary alicyclic amines) is 1. The smallest absolute Gasteiger partial charge is 0.239 e. The molecule has 154 valence electrons. The Morgan fingerprint density at radius 2 is 1.61 bits per heavy atom. The molecule has 2 amide bonds. The lowest BCUT2D eigenvalue weighted by atomic mass is 10.1. The predicted molar refractivity (Wildman–Crippen MR) is 111 cm³/mol. The molecule has 2 fully saturated rings. The van der Waals surface area contributed by atoms with Gasteiger partial charge in [-0.25, -0.2) is 0 Å². The number of hydrogen-bond acceptors (Lipinski definition) is 4. The van der Waals surface area contributed by atoms with Crippen molar-refractivity contribution in [3.63, 3.8) is 0 Å². The number of piperazine rings is 1. The molecule has 0 saturated carbocycles. The third-order valence-electron chi connectivity index (χ3n) is 6.02. The number of piperidine rings is 1. The lowest BCUT2D eigenvalue weighted by molar-refractivity contribution is -0.138. The van der Waals surface area contributed by atoms with Crippen molar-refractivity contribution in [3.05, 3.63) is 35.9 Å². The Morgan fingerprint density at radius 1 is 0.964 bits per heavy atom. The van der Waals surface area contributed by atoms with Crippen LogP contribution in [0.5, 0.6) is 0 Å². The number of rotatable bonds is 6. The van der Waals surface area contributed by atoms with Gasteiger partial charge in [0.1, 0.15) is 0 Å². The Morgan fingerprint density at radius 3 is 2.25 bits per heavy atom. The summed E-state index contributed by atoms with van der Waals surface area (Å²) in [5.41, 5.74) is 1.14. The Hall–Kier alpha value is -1.92. The van der Waals surface area contributed by atoms with Crippen molar-refractivity contribution in [3.8, 4) is 0 Å². The van der Waals surface area contributed by atoms with E-state index in [1.54, 1.807) is 0 Å². The van der Waals surface area contributed by atoms with Crippen LogP contribution in [0.1, 0.15) is 31.7 Å². The van der Waals surface area contributed by atoms with Gasteiger partial charge < -0.3 is 9.80 Å². The van der Waals surface area contributed by atoms with E-state index in [0.29, 0.717) is 13.1 Å². The maximum Gasteiger partial charge on any atom is 0.239 e. The van der Waals surface area contributed by atoms with Crippen LogP contribution in [0.4, 0.5) is 0 Å². The summed E-state index contributed by atoms with van der Waals surface area (Å²) in [5, 5.41) is 0. The Balaban J connectivity index is 1.43. The molecule has 3 rings (SSSR count). The van der Waals surface area contributed by atoms with E-state index in [0.717, 1.165) is 57.7 Å². The molecule has 2 saturated heterocycles.